The van der Waals surface area contributed by atoms with Crippen LogP contribution in [0.1, 0.15) is 16.0 Å². The van der Waals surface area contributed by atoms with E-state index in [9.17, 15) is 26.3 Å². The average Bonchev–Trinajstić information content (AvgIpc) is 3.11. The van der Waals surface area contributed by atoms with Crippen molar-refractivity contribution in [2.24, 2.45) is 0 Å². The third-order valence-electron chi connectivity index (χ3n) is 3.60. The maximum absolute atomic E-state index is 14.2. The third kappa shape index (κ3) is 4.38. The van der Waals surface area contributed by atoms with Crippen molar-refractivity contribution in [3.05, 3.63) is 69.2 Å². The Bertz CT molecular complexity index is 985. The first-order chi connectivity index (χ1) is 13.1. The van der Waals surface area contributed by atoms with Crippen molar-refractivity contribution in [2.45, 2.75) is 19.7 Å². The maximum atomic E-state index is 14.2. The van der Waals surface area contributed by atoms with E-state index in [4.69, 9.17) is 9.47 Å². The highest BCUT2D eigenvalue weighted by Crippen LogP contribution is 2.38. The molecule has 2 aromatic heterocycles. The van der Waals surface area contributed by atoms with Gasteiger partial charge >= 0.3 is 6.18 Å². The van der Waals surface area contributed by atoms with Gasteiger partial charge in [0.2, 0.25) is 0 Å². The second-order valence-electron chi connectivity index (χ2n) is 5.64. The van der Waals surface area contributed by atoms with Crippen molar-refractivity contribution in [2.75, 3.05) is 0 Å². The van der Waals surface area contributed by atoms with Gasteiger partial charge in [-0.15, -0.1) is 11.3 Å². The van der Waals surface area contributed by atoms with Gasteiger partial charge in [-0.1, -0.05) is 12.1 Å². The molecule has 3 rings (SSSR count). The zero-order chi connectivity index (χ0) is 20.5. The fraction of sp³-hybridized carbons (Fsp3) is 0.167. The first kappa shape index (κ1) is 20.0. The zero-order valence-corrected chi connectivity index (χ0v) is 14.9. The van der Waals surface area contributed by atoms with Gasteiger partial charge in [0.05, 0.1) is 0 Å². The van der Waals surface area contributed by atoms with Crippen LogP contribution in [-0.2, 0) is 12.8 Å². The van der Waals surface area contributed by atoms with Crippen LogP contribution in [0.3, 0.4) is 0 Å². The Labute approximate surface area is 159 Å². The molecule has 3 aromatic rings. The van der Waals surface area contributed by atoms with E-state index in [2.05, 4.69) is 4.98 Å². The summed E-state index contributed by atoms with van der Waals surface area (Å²) in [5, 5.41) is 1.03. The van der Waals surface area contributed by atoms with E-state index in [-0.39, 0.29) is 12.4 Å². The van der Waals surface area contributed by atoms with E-state index >= 15 is 0 Å². The number of halogens is 6. The number of benzene rings is 1. The van der Waals surface area contributed by atoms with E-state index in [0.29, 0.717) is 23.0 Å². The number of ether oxygens (including phenoxy) is 2. The number of hydrogen-bond donors (Lipinski definition) is 0. The highest BCUT2D eigenvalue weighted by Gasteiger charge is 2.33. The Kier molecular flexibility index (Phi) is 5.50. The minimum atomic E-state index is -4.57. The lowest BCUT2D eigenvalue weighted by Crippen LogP contribution is -2.05. The molecule has 0 bridgehead atoms. The second-order valence-corrected chi connectivity index (χ2v) is 6.55. The molecule has 0 amide bonds. The molecule has 0 saturated heterocycles. The summed E-state index contributed by atoms with van der Waals surface area (Å²) in [6, 6.07) is 5.86. The Hall–Kier alpha value is -2.75. The SMILES string of the molecule is Cc1c(F)c(OCc2ccc(F)cc2)nc(Oc2csc(C(F)(F)F)c2)c1F. The lowest BCUT2D eigenvalue weighted by Gasteiger charge is -2.12. The summed E-state index contributed by atoms with van der Waals surface area (Å²) in [5.74, 6) is -4.31. The monoisotopic (exact) mass is 419 g/mol. The van der Waals surface area contributed by atoms with Gasteiger partial charge in [0.1, 0.15) is 23.1 Å². The molecule has 0 fully saturated rings. The van der Waals surface area contributed by atoms with Gasteiger partial charge in [-0.05, 0) is 24.6 Å². The smallest absolute Gasteiger partial charge is 0.425 e. The third-order valence-corrected chi connectivity index (χ3v) is 4.55. The molecule has 0 aliphatic carbocycles. The molecule has 0 unspecified atom stereocenters. The lowest BCUT2D eigenvalue weighted by atomic mass is 10.2. The average molecular weight is 419 g/mol. The van der Waals surface area contributed by atoms with Crippen molar-refractivity contribution in [1.29, 1.82) is 0 Å². The van der Waals surface area contributed by atoms with Crippen LogP contribution in [0.4, 0.5) is 26.3 Å². The molecule has 10 heteroatoms. The summed E-state index contributed by atoms with van der Waals surface area (Å²) >= 11 is 0.366. The van der Waals surface area contributed by atoms with Crippen molar-refractivity contribution < 1.29 is 35.8 Å². The van der Waals surface area contributed by atoms with Gasteiger partial charge < -0.3 is 9.47 Å². The van der Waals surface area contributed by atoms with Crippen LogP contribution in [0.25, 0.3) is 0 Å². The quantitative estimate of drug-likeness (QED) is 0.458. The van der Waals surface area contributed by atoms with E-state index in [1.54, 1.807) is 0 Å². The molecule has 148 valence electrons. The predicted molar refractivity (Wildman–Crippen MR) is 89.0 cm³/mol. The normalized spacial score (nSPS) is 11.5. The van der Waals surface area contributed by atoms with E-state index < -0.39 is 45.8 Å². The second kappa shape index (κ2) is 7.70. The molecule has 2 heterocycles. The number of alkyl halides is 3. The Morgan fingerprint density at radius 3 is 2.25 bits per heavy atom. The minimum absolute atomic E-state index is 0.189. The summed E-state index contributed by atoms with van der Waals surface area (Å²) in [7, 11) is 0. The predicted octanol–water partition coefficient (Wildman–Crippen LogP) is 6.26. The van der Waals surface area contributed by atoms with Crippen LogP contribution in [0.5, 0.6) is 17.5 Å². The van der Waals surface area contributed by atoms with Gasteiger partial charge in [0.15, 0.2) is 11.6 Å². The van der Waals surface area contributed by atoms with Gasteiger partial charge in [-0.3, -0.25) is 0 Å². The fourth-order valence-corrected chi connectivity index (χ4v) is 2.81. The van der Waals surface area contributed by atoms with Gasteiger partial charge in [0.25, 0.3) is 11.8 Å². The van der Waals surface area contributed by atoms with Gasteiger partial charge in [0, 0.05) is 17.0 Å². The molecule has 0 radical (unpaired) electrons. The molecule has 0 N–H and O–H groups in total. The summed E-state index contributed by atoms with van der Waals surface area (Å²) in [6.45, 7) is 0.921. The number of hydrogen-bond acceptors (Lipinski definition) is 4. The van der Waals surface area contributed by atoms with Gasteiger partial charge in [-0.2, -0.15) is 18.2 Å². The largest absolute Gasteiger partial charge is 0.471 e. The molecule has 0 aliphatic heterocycles. The van der Waals surface area contributed by atoms with Crippen LogP contribution < -0.4 is 9.47 Å². The first-order valence-electron chi connectivity index (χ1n) is 7.71. The standard InChI is InChI=1S/C18H11F6NO2S/c1-9-14(20)16(26-7-10-2-4-11(19)5-3-10)25-17(15(9)21)27-12-6-13(28-8-12)18(22,23)24/h2-6,8H,7H2,1H3. The van der Waals surface area contributed by atoms with Crippen molar-refractivity contribution in [3.8, 4) is 17.5 Å². The first-order valence-corrected chi connectivity index (χ1v) is 8.59. The van der Waals surface area contributed by atoms with Crippen LogP contribution in [0.15, 0.2) is 35.7 Å². The molecule has 28 heavy (non-hydrogen) atoms. The highest BCUT2D eigenvalue weighted by atomic mass is 32.1. The summed E-state index contributed by atoms with van der Waals surface area (Å²) in [6.07, 6.45) is -4.57. The molecule has 0 aliphatic rings. The maximum Gasteiger partial charge on any atom is 0.425 e. The molecule has 0 saturated carbocycles. The van der Waals surface area contributed by atoms with Crippen LogP contribution in [-0.4, -0.2) is 4.98 Å². The molecule has 3 nitrogen and oxygen atoms in total. The van der Waals surface area contributed by atoms with Gasteiger partial charge in [-0.25, -0.2) is 13.2 Å². The molecular formula is C18H11F6NO2S. The Morgan fingerprint density at radius 2 is 1.64 bits per heavy atom. The number of nitrogens with zero attached hydrogens (tertiary/aromatic N) is 1. The zero-order valence-electron chi connectivity index (χ0n) is 14.1. The van der Waals surface area contributed by atoms with Crippen LogP contribution in [0, 0.1) is 24.4 Å². The van der Waals surface area contributed by atoms with Crippen LogP contribution >= 0.6 is 11.3 Å². The summed E-state index contributed by atoms with van der Waals surface area (Å²) < 4.78 is 89.6. The highest BCUT2D eigenvalue weighted by molar-refractivity contribution is 7.10. The van der Waals surface area contributed by atoms with E-state index in [0.717, 1.165) is 12.3 Å². The molecular weight excluding hydrogens is 408 g/mol. The number of pyridine rings is 1. The van der Waals surface area contributed by atoms with Crippen LogP contribution in [0.2, 0.25) is 0 Å². The van der Waals surface area contributed by atoms with Crippen molar-refractivity contribution in [1.82, 2.24) is 4.98 Å². The molecule has 1 aromatic carbocycles. The Balaban J connectivity index is 1.83. The lowest BCUT2D eigenvalue weighted by molar-refractivity contribution is -0.134. The number of rotatable bonds is 5. The van der Waals surface area contributed by atoms with Crippen molar-refractivity contribution >= 4 is 11.3 Å². The minimum Gasteiger partial charge on any atom is -0.471 e. The number of aromatic nitrogens is 1. The summed E-state index contributed by atoms with van der Waals surface area (Å²) in [5.41, 5.74) is 0.0325. The van der Waals surface area contributed by atoms with E-state index in [1.165, 1.54) is 24.3 Å². The Morgan fingerprint density at radius 1 is 1.00 bits per heavy atom. The van der Waals surface area contributed by atoms with E-state index in [1.807, 2.05) is 0 Å². The number of thiophene rings is 1. The van der Waals surface area contributed by atoms with Crippen molar-refractivity contribution in [3.63, 3.8) is 0 Å². The topological polar surface area (TPSA) is 31.4 Å². The molecule has 0 spiro atoms. The summed E-state index contributed by atoms with van der Waals surface area (Å²) in [4.78, 5) is 2.65. The molecule has 0 atom stereocenters. The fourth-order valence-electron chi connectivity index (χ4n) is 2.14.